The number of hydrogen-bond acceptors (Lipinski definition) is 4. The fraction of sp³-hybridized carbons (Fsp3) is 0.417. The first kappa shape index (κ1) is 28.0. The number of nitrogens with one attached hydrogen (secondary N) is 1. The van der Waals surface area contributed by atoms with Gasteiger partial charge >= 0.3 is 0 Å². The van der Waals surface area contributed by atoms with Crippen LogP contribution in [0.3, 0.4) is 0 Å². The number of nitrogens with zero attached hydrogens (tertiary/aromatic N) is 2. The van der Waals surface area contributed by atoms with Gasteiger partial charge in [0.05, 0.1) is 22.0 Å². The second kappa shape index (κ2) is 11.9. The first-order chi connectivity index (χ1) is 15.8. The van der Waals surface area contributed by atoms with Crippen molar-refractivity contribution < 1.29 is 18.0 Å². The quantitative estimate of drug-likeness (QED) is 0.500. The van der Waals surface area contributed by atoms with Crippen LogP contribution in [0.25, 0.3) is 0 Å². The lowest BCUT2D eigenvalue weighted by Crippen LogP contribution is -2.51. The van der Waals surface area contributed by atoms with Crippen LogP contribution in [-0.4, -0.2) is 50.5 Å². The Labute approximate surface area is 212 Å². The highest BCUT2D eigenvalue weighted by Gasteiger charge is 2.30. The summed E-state index contributed by atoms with van der Waals surface area (Å²) >= 11 is 12.0. The highest BCUT2D eigenvalue weighted by Crippen LogP contribution is 2.28. The molecular weight excluding hydrogens is 497 g/mol. The molecule has 2 aromatic carbocycles. The SMILES string of the molecule is Cc1cccc(CN(C(=O)CN(c2ccc(Cl)c(Cl)c2)S(C)(=O)=O)[C@@H](C)C(=O)NCC(C)C)c1. The molecule has 0 aliphatic carbocycles. The van der Waals surface area contributed by atoms with E-state index in [0.717, 1.165) is 21.7 Å². The van der Waals surface area contributed by atoms with Crippen LogP contribution in [-0.2, 0) is 26.2 Å². The predicted octanol–water partition coefficient (Wildman–Crippen LogP) is 4.26. The molecule has 10 heteroatoms. The van der Waals surface area contributed by atoms with Crippen LogP contribution in [0, 0.1) is 12.8 Å². The van der Waals surface area contributed by atoms with E-state index in [1.54, 1.807) is 6.92 Å². The van der Waals surface area contributed by atoms with Crippen molar-refractivity contribution in [3.8, 4) is 0 Å². The molecule has 0 unspecified atom stereocenters. The highest BCUT2D eigenvalue weighted by molar-refractivity contribution is 7.92. The van der Waals surface area contributed by atoms with Crippen LogP contribution >= 0.6 is 23.2 Å². The molecule has 0 aliphatic rings. The minimum absolute atomic E-state index is 0.149. The van der Waals surface area contributed by atoms with Gasteiger partial charge in [-0.3, -0.25) is 13.9 Å². The monoisotopic (exact) mass is 527 g/mol. The lowest BCUT2D eigenvalue weighted by Gasteiger charge is -2.31. The maximum Gasteiger partial charge on any atom is 0.244 e. The number of rotatable bonds is 10. The van der Waals surface area contributed by atoms with E-state index in [1.165, 1.54) is 23.1 Å². The molecule has 1 N–H and O–H groups in total. The van der Waals surface area contributed by atoms with Gasteiger partial charge in [-0.05, 0) is 43.5 Å². The third-order valence-electron chi connectivity index (χ3n) is 5.16. The fourth-order valence-electron chi connectivity index (χ4n) is 3.30. The van der Waals surface area contributed by atoms with E-state index in [0.29, 0.717) is 6.54 Å². The van der Waals surface area contributed by atoms with Gasteiger partial charge in [0.1, 0.15) is 12.6 Å². The van der Waals surface area contributed by atoms with Crippen molar-refractivity contribution in [2.75, 3.05) is 23.7 Å². The van der Waals surface area contributed by atoms with Gasteiger partial charge in [0.15, 0.2) is 0 Å². The summed E-state index contributed by atoms with van der Waals surface area (Å²) < 4.78 is 26.1. The van der Waals surface area contributed by atoms with Crippen LogP contribution in [0.1, 0.15) is 31.9 Å². The summed E-state index contributed by atoms with van der Waals surface area (Å²) in [6, 6.07) is 11.1. The van der Waals surface area contributed by atoms with Crippen LogP contribution in [0.2, 0.25) is 10.0 Å². The Morgan fingerprint density at radius 3 is 2.26 bits per heavy atom. The molecule has 0 bridgehead atoms. The summed E-state index contributed by atoms with van der Waals surface area (Å²) in [7, 11) is -3.84. The third-order valence-corrected chi connectivity index (χ3v) is 7.04. The van der Waals surface area contributed by atoms with E-state index in [2.05, 4.69) is 5.32 Å². The molecule has 186 valence electrons. The Kier molecular flexibility index (Phi) is 9.79. The summed E-state index contributed by atoms with van der Waals surface area (Å²) in [5.41, 5.74) is 2.05. The molecule has 0 fully saturated rings. The van der Waals surface area contributed by atoms with E-state index in [4.69, 9.17) is 23.2 Å². The number of anilines is 1. The van der Waals surface area contributed by atoms with E-state index in [-0.39, 0.29) is 34.1 Å². The largest absolute Gasteiger partial charge is 0.354 e. The van der Waals surface area contributed by atoms with Gasteiger partial charge in [-0.1, -0.05) is 66.9 Å². The zero-order chi connectivity index (χ0) is 25.6. The van der Waals surface area contributed by atoms with Crippen molar-refractivity contribution in [1.82, 2.24) is 10.2 Å². The number of hydrogen-bond donors (Lipinski definition) is 1. The van der Waals surface area contributed by atoms with Gasteiger partial charge in [-0.2, -0.15) is 0 Å². The molecule has 0 aromatic heterocycles. The first-order valence-corrected chi connectivity index (χ1v) is 13.5. The predicted molar refractivity (Wildman–Crippen MR) is 138 cm³/mol. The summed E-state index contributed by atoms with van der Waals surface area (Å²) in [5, 5.41) is 3.28. The summed E-state index contributed by atoms with van der Waals surface area (Å²) in [6.07, 6.45) is 1.01. The molecule has 34 heavy (non-hydrogen) atoms. The number of sulfonamides is 1. The van der Waals surface area contributed by atoms with E-state index >= 15 is 0 Å². The average Bonchev–Trinajstić information content (AvgIpc) is 2.74. The van der Waals surface area contributed by atoms with Crippen LogP contribution in [0.5, 0.6) is 0 Å². The molecule has 0 aliphatic heterocycles. The molecule has 0 spiro atoms. The summed E-state index contributed by atoms with van der Waals surface area (Å²) in [6.45, 7) is 7.63. The van der Waals surface area contributed by atoms with Gasteiger partial charge in [-0.25, -0.2) is 8.42 Å². The molecule has 0 saturated carbocycles. The maximum atomic E-state index is 13.5. The van der Waals surface area contributed by atoms with Crippen molar-refractivity contribution >= 4 is 50.7 Å². The minimum atomic E-state index is -3.84. The number of carbonyl (C=O) groups excluding carboxylic acids is 2. The van der Waals surface area contributed by atoms with E-state index in [9.17, 15) is 18.0 Å². The van der Waals surface area contributed by atoms with E-state index < -0.39 is 28.5 Å². The molecule has 2 amide bonds. The van der Waals surface area contributed by atoms with Gasteiger partial charge in [0.2, 0.25) is 21.8 Å². The molecule has 0 heterocycles. The summed E-state index contributed by atoms with van der Waals surface area (Å²) in [5.74, 6) is -0.590. The number of amides is 2. The molecular formula is C24H31Cl2N3O4S. The highest BCUT2D eigenvalue weighted by atomic mass is 35.5. The third kappa shape index (κ3) is 7.89. The van der Waals surface area contributed by atoms with Gasteiger partial charge in [-0.15, -0.1) is 0 Å². The van der Waals surface area contributed by atoms with Crippen LogP contribution in [0.15, 0.2) is 42.5 Å². The molecule has 7 nitrogen and oxygen atoms in total. The lowest BCUT2D eigenvalue weighted by atomic mass is 10.1. The smallest absolute Gasteiger partial charge is 0.244 e. The molecule has 2 rings (SSSR count). The molecule has 0 saturated heterocycles. The molecule has 0 radical (unpaired) electrons. The van der Waals surface area contributed by atoms with Crippen molar-refractivity contribution in [3.63, 3.8) is 0 Å². The second-order valence-electron chi connectivity index (χ2n) is 8.69. The standard InChI is InChI=1S/C24H31Cl2N3O4S/c1-16(2)13-27-24(31)18(4)28(14-19-8-6-7-17(3)11-19)23(30)15-29(34(5,32)33)20-9-10-21(25)22(26)12-20/h6-12,16,18H,13-15H2,1-5H3,(H,27,31)/t18-/m0/s1. The second-order valence-corrected chi connectivity index (χ2v) is 11.4. The Balaban J connectivity index is 2.39. The molecule has 2 aromatic rings. The topological polar surface area (TPSA) is 86.8 Å². The Hall–Kier alpha value is -2.29. The number of aryl methyl sites for hydroxylation is 1. The lowest BCUT2D eigenvalue weighted by molar-refractivity contribution is -0.139. The van der Waals surface area contributed by atoms with E-state index in [1.807, 2.05) is 45.0 Å². The Bertz CT molecular complexity index is 1140. The number of carbonyl (C=O) groups is 2. The van der Waals surface area contributed by atoms with Gasteiger partial charge in [0, 0.05) is 13.1 Å². The van der Waals surface area contributed by atoms with Crippen molar-refractivity contribution in [2.45, 2.75) is 40.3 Å². The van der Waals surface area contributed by atoms with Crippen molar-refractivity contribution in [1.29, 1.82) is 0 Å². The Morgan fingerprint density at radius 2 is 1.71 bits per heavy atom. The first-order valence-electron chi connectivity index (χ1n) is 10.8. The average molecular weight is 529 g/mol. The number of benzene rings is 2. The number of halogens is 2. The minimum Gasteiger partial charge on any atom is -0.354 e. The van der Waals surface area contributed by atoms with Crippen molar-refractivity contribution in [2.24, 2.45) is 5.92 Å². The van der Waals surface area contributed by atoms with Crippen LogP contribution in [0.4, 0.5) is 5.69 Å². The zero-order valence-electron chi connectivity index (χ0n) is 20.0. The normalized spacial score (nSPS) is 12.4. The van der Waals surface area contributed by atoms with Crippen LogP contribution < -0.4 is 9.62 Å². The van der Waals surface area contributed by atoms with Crippen molar-refractivity contribution in [3.05, 3.63) is 63.6 Å². The van der Waals surface area contributed by atoms with Gasteiger partial charge in [0.25, 0.3) is 0 Å². The molecule has 1 atom stereocenters. The summed E-state index contributed by atoms with van der Waals surface area (Å²) in [4.78, 5) is 27.7. The fourth-order valence-corrected chi connectivity index (χ4v) is 4.43. The maximum absolute atomic E-state index is 13.5. The van der Waals surface area contributed by atoms with Gasteiger partial charge < -0.3 is 10.2 Å². The zero-order valence-corrected chi connectivity index (χ0v) is 22.3. The Morgan fingerprint density at radius 1 is 1.03 bits per heavy atom.